The maximum Gasteiger partial charge on any atom is 0.211 e. The maximum absolute atomic E-state index is 13.4. The minimum Gasteiger partial charge on any atom is -0.287 e. The van der Waals surface area contributed by atoms with Crippen LogP contribution in [0.1, 0.15) is 35.9 Å². The third-order valence-electron chi connectivity index (χ3n) is 2.57. The van der Waals surface area contributed by atoms with Crippen molar-refractivity contribution in [1.82, 2.24) is 9.78 Å². The van der Waals surface area contributed by atoms with Gasteiger partial charge in [-0.3, -0.25) is 9.48 Å². The van der Waals surface area contributed by atoms with Gasteiger partial charge in [-0.15, -0.1) is 0 Å². The highest BCUT2D eigenvalue weighted by molar-refractivity contribution is 9.10. The van der Waals surface area contributed by atoms with Gasteiger partial charge < -0.3 is 0 Å². The molecule has 0 aliphatic heterocycles. The Balaban J connectivity index is 2.42. The van der Waals surface area contributed by atoms with E-state index in [0.717, 1.165) is 0 Å². The van der Waals surface area contributed by atoms with Crippen molar-refractivity contribution >= 4 is 21.7 Å². The van der Waals surface area contributed by atoms with Crippen LogP contribution < -0.4 is 0 Å². The van der Waals surface area contributed by atoms with Crippen LogP contribution in [0, 0.1) is 5.82 Å². The average Bonchev–Trinajstić information content (AvgIpc) is 2.81. The summed E-state index contributed by atoms with van der Waals surface area (Å²) in [5.41, 5.74) is 0.782. The predicted molar refractivity (Wildman–Crippen MR) is 70.1 cm³/mol. The molecule has 0 bridgehead atoms. The van der Waals surface area contributed by atoms with Gasteiger partial charge in [-0.1, -0.05) is 0 Å². The molecule has 94 valence electrons. The fraction of sp³-hybridized carbons (Fsp3) is 0.231. The molecule has 0 N–H and O–H groups in total. The molecule has 0 aliphatic carbocycles. The van der Waals surface area contributed by atoms with Crippen LogP contribution in [-0.4, -0.2) is 15.6 Å². The SMILES string of the molecule is CC(C)n1nccc1C(=O)c1ccc(Br)c(F)c1. The third kappa shape index (κ3) is 2.36. The Hall–Kier alpha value is -1.49. The first kappa shape index (κ1) is 13.0. The largest absolute Gasteiger partial charge is 0.287 e. The van der Waals surface area contributed by atoms with Crippen molar-refractivity contribution in [3.8, 4) is 0 Å². The van der Waals surface area contributed by atoms with Crippen molar-refractivity contribution in [2.45, 2.75) is 19.9 Å². The van der Waals surface area contributed by atoms with Crippen LogP contribution >= 0.6 is 15.9 Å². The van der Waals surface area contributed by atoms with Crippen LogP contribution in [0.2, 0.25) is 0 Å². The van der Waals surface area contributed by atoms with E-state index >= 15 is 0 Å². The summed E-state index contributed by atoms with van der Waals surface area (Å²) < 4.78 is 15.4. The molecule has 0 amide bonds. The Morgan fingerprint density at radius 1 is 1.39 bits per heavy atom. The Morgan fingerprint density at radius 3 is 2.72 bits per heavy atom. The quantitative estimate of drug-likeness (QED) is 0.812. The molecule has 2 aromatic rings. The first-order valence-corrected chi connectivity index (χ1v) is 6.33. The molecule has 0 unspecified atom stereocenters. The van der Waals surface area contributed by atoms with Gasteiger partial charge in [0.15, 0.2) is 0 Å². The first-order valence-electron chi connectivity index (χ1n) is 5.54. The van der Waals surface area contributed by atoms with Crippen LogP contribution in [0.25, 0.3) is 0 Å². The number of ketones is 1. The van der Waals surface area contributed by atoms with E-state index in [1.807, 2.05) is 13.8 Å². The lowest BCUT2D eigenvalue weighted by molar-refractivity contribution is 0.102. The number of aromatic nitrogens is 2. The lowest BCUT2D eigenvalue weighted by Gasteiger charge is -2.10. The van der Waals surface area contributed by atoms with Crippen molar-refractivity contribution in [1.29, 1.82) is 0 Å². The molecule has 1 heterocycles. The highest BCUT2D eigenvalue weighted by Crippen LogP contribution is 2.19. The molecule has 0 spiro atoms. The van der Waals surface area contributed by atoms with Gasteiger partial charge in [0, 0.05) is 17.8 Å². The summed E-state index contributed by atoms with van der Waals surface area (Å²) in [6.07, 6.45) is 1.57. The average molecular weight is 311 g/mol. The topological polar surface area (TPSA) is 34.9 Å². The van der Waals surface area contributed by atoms with E-state index in [4.69, 9.17) is 0 Å². The van der Waals surface area contributed by atoms with Crippen molar-refractivity contribution < 1.29 is 9.18 Å². The molecule has 0 saturated heterocycles. The van der Waals surface area contributed by atoms with Gasteiger partial charge in [-0.05, 0) is 54.0 Å². The van der Waals surface area contributed by atoms with E-state index in [-0.39, 0.29) is 11.8 Å². The van der Waals surface area contributed by atoms with Crippen LogP contribution in [0.4, 0.5) is 4.39 Å². The van der Waals surface area contributed by atoms with Crippen molar-refractivity contribution in [2.24, 2.45) is 0 Å². The van der Waals surface area contributed by atoms with Crippen molar-refractivity contribution in [2.75, 3.05) is 0 Å². The second-order valence-corrected chi connectivity index (χ2v) is 5.07. The highest BCUT2D eigenvalue weighted by Gasteiger charge is 2.17. The number of benzene rings is 1. The number of carbonyl (C=O) groups is 1. The summed E-state index contributed by atoms with van der Waals surface area (Å²) in [5.74, 6) is -0.677. The predicted octanol–water partition coefficient (Wildman–Crippen LogP) is 3.60. The molecule has 3 nitrogen and oxygen atoms in total. The molecule has 2 rings (SSSR count). The second kappa shape index (κ2) is 5.02. The highest BCUT2D eigenvalue weighted by atomic mass is 79.9. The van der Waals surface area contributed by atoms with Crippen LogP contribution in [0.15, 0.2) is 34.9 Å². The molecule has 1 aromatic carbocycles. The zero-order valence-corrected chi connectivity index (χ0v) is 11.6. The van der Waals surface area contributed by atoms with Gasteiger partial charge in [0.2, 0.25) is 5.78 Å². The van der Waals surface area contributed by atoms with Crippen LogP contribution in [-0.2, 0) is 0 Å². The zero-order valence-electron chi connectivity index (χ0n) is 10.0. The van der Waals surface area contributed by atoms with Crippen LogP contribution in [0.3, 0.4) is 0 Å². The molecule has 0 atom stereocenters. The van der Waals surface area contributed by atoms with Crippen molar-refractivity contribution in [3.05, 3.63) is 52.0 Å². The lowest BCUT2D eigenvalue weighted by atomic mass is 10.1. The number of nitrogens with zero attached hydrogens (tertiary/aromatic N) is 2. The Labute approximate surface area is 113 Å². The van der Waals surface area contributed by atoms with Gasteiger partial charge in [0.25, 0.3) is 0 Å². The van der Waals surface area contributed by atoms with E-state index in [0.29, 0.717) is 15.7 Å². The molecule has 0 fully saturated rings. The number of hydrogen-bond donors (Lipinski definition) is 0. The van der Waals surface area contributed by atoms with Gasteiger partial charge in [0.05, 0.1) is 4.47 Å². The number of hydrogen-bond acceptors (Lipinski definition) is 2. The van der Waals surface area contributed by atoms with Gasteiger partial charge in [0.1, 0.15) is 11.5 Å². The summed E-state index contributed by atoms with van der Waals surface area (Å²) >= 11 is 3.06. The minimum atomic E-state index is -0.448. The van der Waals surface area contributed by atoms with E-state index in [2.05, 4.69) is 21.0 Å². The lowest BCUT2D eigenvalue weighted by Crippen LogP contribution is -2.13. The number of carbonyl (C=O) groups excluding carboxylic acids is 1. The smallest absolute Gasteiger partial charge is 0.211 e. The van der Waals surface area contributed by atoms with E-state index in [1.54, 1.807) is 23.0 Å². The third-order valence-corrected chi connectivity index (χ3v) is 3.22. The van der Waals surface area contributed by atoms with Crippen molar-refractivity contribution in [3.63, 3.8) is 0 Å². The minimum absolute atomic E-state index is 0.0826. The summed E-state index contributed by atoms with van der Waals surface area (Å²) in [4.78, 5) is 12.3. The van der Waals surface area contributed by atoms with E-state index in [9.17, 15) is 9.18 Å². The number of halogens is 2. The summed E-state index contributed by atoms with van der Waals surface area (Å²) in [7, 11) is 0. The Kier molecular flexibility index (Phi) is 3.61. The summed E-state index contributed by atoms with van der Waals surface area (Å²) in [6, 6.07) is 6.07. The number of rotatable bonds is 3. The molecule has 18 heavy (non-hydrogen) atoms. The second-order valence-electron chi connectivity index (χ2n) is 4.21. The van der Waals surface area contributed by atoms with Gasteiger partial charge in [-0.2, -0.15) is 5.10 Å². The fourth-order valence-electron chi connectivity index (χ4n) is 1.69. The molecule has 0 radical (unpaired) electrons. The standard InChI is InChI=1S/C13H12BrFN2O/c1-8(2)17-12(5-6-16-17)13(18)9-3-4-10(14)11(15)7-9/h3-8H,1-2H3. The van der Waals surface area contributed by atoms with Gasteiger partial charge in [-0.25, -0.2) is 4.39 Å². The molecule has 0 aliphatic rings. The Morgan fingerprint density at radius 2 is 2.11 bits per heavy atom. The fourth-order valence-corrected chi connectivity index (χ4v) is 1.94. The monoisotopic (exact) mass is 310 g/mol. The normalized spacial score (nSPS) is 10.9. The molecule has 1 aromatic heterocycles. The van der Waals surface area contributed by atoms with Crippen LogP contribution in [0.5, 0.6) is 0 Å². The maximum atomic E-state index is 13.4. The molecular weight excluding hydrogens is 299 g/mol. The first-order chi connectivity index (χ1) is 8.50. The zero-order chi connectivity index (χ0) is 13.3. The molecular formula is C13H12BrFN2O. The van der Waals surface area contributed by atoms with E-state index in [1.165, 1.54) is 12.1 Å². The van der Waals surface area contributed by atoms with Gasteiger partial charge >= 0.3 is 0 Å². The molecule has 5 heteroatoms. The summed E-state index contributed by atoms with van der Waals surface area (Å²) in [6.45, 7) is 3.87. The summed E-state index contributed by atoms with van der Waals surface area (Å²) in [5, 5.41) is 4.10. The Bertz CT molecular complexity index is 592. The molecule has 0 saturated carbocycles. The van der Waals surface area contributed by atoms with E-state index < -0.39 is 5.82 Å².